The lowest BCUT2D eigenvalue weighted by atomic mass is 9.89. The van der Waals surface area contributed by atoms with Crippen LogP contribution in [0.3, 0.4) is 0 Å². The molecule has 0 N–H and O–H groups in total. The summed E-state index contributed by atoms with van der Waals surface area (Å²) in [5, 5.41) is 0.927. The van der Waals surface area contributed by atoms with Gasteiger partial charge >= 0.3 is 6.09 Å². The predicted octanol–water partition coefficient (Wildman–Crippen LogP) is 4.11. The summed E-state index contributed by atoms with van der Waals surface area (Å²) in [6, 6.07) is 9.30. The SMILES string of the molecule is CC(C)(C)OC(=O)N1CC(C(F)c2cccc3cccnc23)C1. The number of carbonyl (C=O) groups is 1. The van der Waals surface area contributed by atoms with Crippen molar-refractivity contribution in [1.29, 1.82) is 0 Å². The van der Waals surface area contributed by atoms with E-state index < -0.39 is 11.8 Å². The largest absolute Gasteiger partial charge is 0.444 e. The van der Waals surface area contributed by atoms with E-state index in [1.807, 2.05) is 45.0 Å². The van der Waals surface area contributed by atoms with Gasteiger partial charge in [0.25, 0.3) is 0 Å². The minimum absolute atomic E-state index is 0.213. The molecule has 2 heterocycles. The van der Waals surface area contributed by atoms with E-state index in [1.165, 1.54) is 0 Å². The monoisotopic (exact) mass is 316 g/mol. The second kappa shape index (κ2) is 5.80. The smallest absolute Gasteiger partial charge is 0.410 e. The van der Waals surface area contributed by atoms with Crippen LogP contribution in [0.5, 0.6) is 0 Å². The Hall–Kier alpha value is -2.17. The maximum Gasteiger partial charge on any atom is 0.410 e. The van der Waals surface area contributed by atoms with Crippen LogP contribution in [0.25, 0.3) is 10.9 Å². The van der Waals surface area contributed by atoms with E-state index in [9.17, 15) is 9.18 Å². The number of hydrogen-bond donors (Lipinski definition) is 0. The van der Waals surface area contributed by atoms with Crippen LogP contribution in [0.15, 0.2) is 36.5 Å². The fourth-order valence-electron chi connectivity index (χ4n) is 2.78. The van der Waals surface area contributed by atoms with E-state index in [0.29, 0.717) is 24.2 Å². The second-order valence-electron chi connectivity index (χ2n) is 6.97. The number of para-hydroxylation sites is 1. The third-order valence-corrected chi connectivity index (χ3v) is 3.94. The van der Waals surface area contributed by atoms with Crippen molar-refractivity contribution in [2.24, 2.45) is 5.92 Å². The Bertz CT molecular complexity index is 715. The lowest BCUT2D eigenvalue weighted by Gasteiger charge is -2.41. The Morgan fingerprint density at radius 1 is 1.30 bits per heavy atom. The molecule has 5 heteroatoms. The topological polar surface area (TPSA) is 42.4 Å². The van der Waals surface area contributed by atoms with Gasteiger partial charge in [0.05, 0.1) is 5.52 Å². The number of amides is 1. The highest BCUT2D eigenvalue weighted by molar-refractivity contribution is 5.82. The van der Waals surface area contributed by atoms with Crippen LogP contribution in [0, 0.1) is 5.92 Å². The number of ether oxygens (including phenoxy) is 1. The van der Waals surface area contributed by atoms with Crippen LogP contribution < -0.4 is 0 Å². The third-order valence-electron chi connectivity index (χ3n) is 3.94. The Labute approximate surface area is 135 Å². The van der Waals surface area contributed by atoms with E-state index >= 15 is 0 Å². The summed E-state index contributed by atoms with van der Waals surface area (Å²) in [4.78, 5) is 17.8. The van der Waals surface area contributed by atoms with Crippen LogP contribution in [0.2, 0.25) is 0 Å². The summed E-state index contributed by atoms with van der Waals surface area (Å²) < 4.78 is 20.2. The molecule has 1 saturated heterocycles. The van der Waals surface area contributed by atoms with Gasteiger partial charge in [-0.3, -0.25) is 4.98 Å². The van der Waals surface area contributed by atoms with Gasteiger partial charge in [-0.15, -0.1) is 0 Å². The van der Waals surface area contributed by atoms with Crippen molar-refractivity contribution >= 4 is 17.0 Å². The first-order valence-corrected chi connectivity index (χ1v) is 7.81. The molecule has 1 aromatic heterocycles. The van der Waals surface area contributed by atoms with Gasteiger partial charge in [-0.1, -0.05) is 24.3 Å². The van der Waals surface area contributed by atoms with Gasteiger partial charge in [-0.2, -0.15) is 0 Å². The van der Waals surface area contributed by atoms with Crippen LogP contribution in [-0.4, -0.2) is 34.7 Å². The molecule has 1 aromatic carbocycles. The molecule has 0 saturated carbocycles. The normalized spacial score (nSPS) is 17.0. The molecule has 1 amide bonds. The minimum atomic E-state index is -1.13. The maximum absolute atomic E-state index is 14.9. The van der Waals surface area contributed by atoms with Crippen molar-refractivity contribution in [3.63, 3.8) is 0 Å². The molecular weight excluding hydrogens is 295 g/mol. The highest BCUT2D eigenvalue weighted by Crippen LogP contribution is 2.36. The van der Waals surface area contributed by atoms with Crippen molar-refractivity contribution in [2.75, 3.05) is 13.1 Å². The van der Waals surface area contributed by atoms with Crippen molar-refractivity contribution in [1.82, 2.24) is 9.88 Å². The lowest BCUT2D eigenvalue weighted by molar-refractivity contribution is -0.0153. The number of fused-ring (bicyclic) bond motifs is 1. The number of alkyl halides is 1. The van der Waals surface area contributed by atoms with Gasteiger partial charge < -0.3 is 9.64 Å². The van der Waals surface area contributed by atoms with Crippen LogP contribution in [0.1, 0.15) is 32.5 Å². The average Bonchev–Trinajstić information content (AvgIpc) is 2.43. The zero-order chi connectivity index (χ0) is 16.6. The summed E-state index contributed by atoms with van der Waals surface area (Å²) in [5.41, 5.74) is 0.756. The average molecular weight is 316 g/mol. The number of nitrogens with zero attached hydrogens (tertiary/aromatic N) is 2. The first-order chi connectivity index (χ1) is 10.8. The van der Waals surface area contributed by atoms with Gasteiger partial charge in [0.2, 0.25) is 0 Å². The van der Waals surface area contributed by atoms with E-state index in [-0.39, 0.29) is 12.0 Å². The van der Waals surface area contributed by atoms with Crippen molar-refractivity contribution in [3.05, 3.63) is 42.1 Å². The number of benzene rings is 1. The molecule has 4 nitrogen and oxygen atoms in total. The van der Waals surface area contributed by atoms with Gasteiger partial charge in [0.15, 0.2) is 0 Å². The van der Waals surface area contributed by atoms with Crippen molar-refractivity contribution < 1.29 is 13.9 Å². The van der Waals surface area contributed by atoms with Crippen molar-refractivity contribution in [3.8, 4) is 0 Å². The first kappa shape index (κ1) is 15.7. The molecular formula is C18H21FN2O2. The number of pyridine rings is 1. The molecule has 0 bridgehead atoms. The molecule has 0 radical (unpaired) electrons. The maximum atomic E-state index is 14.9. The van der Waals surface area contributed by atoms with Crippen LogP contribution in [0.4, 0.5) is 9.18 Å². The van der Waals surface area contributed by atoms with Gasteiger partial charge in [-0.25, -0.2) is 9.18 Å². The molecule has 1 fully saturated rings. The van der Waals surface area contributed by atoms with E-state index in [1.54, 1.807) is 17.2 Å². The van der Waals surface area contributed by atoms with Gasteiger partial charge in [0, 0.05) is 36.2 Å². The fraction of sp³-hybridized carbons (Fsp3) is 0.444. The van der Waals surface area contributed by atoms with E-state index in [0.717, 1.165) is 5.39 Å². The summed E-state index contributed by atoms with van der Waals surface area (Å²) in [7, 11) is 0. The molecule has 1 aliphatic heterocycles. The molecule has 1 unspecified atom stereocenters. The molecule has 1 atom stereocenters. The number of carbonyl (C=O) groups excluding carboxylic acids is 1. The molecule has 122 valence electrons. The molecule has 2 aromatic rings. The number of halogens is 1. The third kappa shape index (κ3) is 3.28. The summed E-state index contributed by atoms with van der Waals surface area (Å²) >= 11 is 0. The molecule has 23 heavy (non-hydrogen) atoms. The van der Waals surface area contributed by atoms with E-state index in [2.05, 4.69) is 4.98 Å². The Morgan fingerprint density at radius 3 is 2.70 bits per heavy atom. The summed E-state index contributed by atoms with van der Waals surface area (Å²) in [6.45, 7) is 6.21. The highest BCUT2D eigenvalue weighted by Gasteiger charge is 2.39. The standard InChI is InChI=1S/C18H21FN2O2/c1-18(2,3)23-17(22)21-10-13(11-21)15(19)14-8-4-6-12-7-5-9-20-16(12)14/h4-9,13,15H,10-11H2,1-3H3. The Kier molecular flexibility index (Phi) is 3.96. The second-order valence-corrected chi connectivity index (χ2v) is 6.97. The fourth-order valence-corrected chi connectivity index (χ4v) is 2.78. The molecule has 1 aliphatic rings. The Morgan fingerprint density at radius 2 is 2.00 bits per heavy atom. The number of rotatable bonds is 2. The predicted molar refractivity (Wildman–Crippen MR) is 86.9 cm³/mol. The van der Waals surface area contributed by atoms with Gasteiger partial charge in [-0.05, 0) is 26.8 Å². The number of aromatic nitrogens is 1. The van der Waals surface area contributed by atoms with Gasteiger partial charge in [0.1, 0.15) is 11.8 Å². The minimum Gasteiger partial charge on any atom is -0.444 e. The zero-order valence-corrected chi connectivity index (χ0v) is 13.6. The first-order valence-electron chi connectivity index (χ1n) is 7.81. The van der Waals surface area contributed by atoms with Crippen LogP contribution >= 0.6 is 0 Å². The molecule has 3 rings (SSSR count). The lowest BCUT2D eigenvalue weighted by Crippen LogP contribution is -2.52. The van der Waals surface area contributed by atoms with Crippen molar-refractivity contribution in [2.45, 2.75) is 32.5 Å². The quantitative estimate of drug-likeness (QED) is 0.837. The number of likely N-dealkylation sites (tertiary alicyclic amines) is 1. The summed E-state index contributed by atoms with van der Waals surface area (Å²) in [6.07, 6.45) is 0.163. The van der Waals surface area contributed by atoms with E-state index in [4.69, 9.17) is 4.74 Å². The Balaban J connectivity index is 1.69. The zero-order valence-electron chi connectivity index (χ0n) is 13.6. The highest BCUT2D eigenvalue weighted by atomic mass is 19.1. The molecule has 0 spiro atoms. The number of hydrogen-bond acceptors (Lipinski definition) is 3. The summed E-state index contributed by atoms with van der Waals surface area (Å²) in [5.74, 6) is -0.213. The van der Waals surface area contributed by atoms with Crippen LogP contribution in [-0.2, 0) is 4.74 Å². The molecule has 0 aliphatic carbocycles.